The van der Waals surface area contributed by atoms with Gasteiger partial charge in [-0.05, 0) is 35.8 Å². The van der Waals surface area contributed by atoms with Crippen molar-refractivity contribution >= 4 is 0 Å². The van der Waals surface area contributed by atoms with E-state index in [-0.39, 0.29) is 16.5 Å². The van der Waals surface area contributed by atoms with Gasteiger partial charge in [-0.25, -0.2) is 0 Å². The molecule has 0 unspecified atom stereocenters. The molecule has 0 spiro atoms. The summed E-state index contributed by atoms with van der Waals surface area (Å²) in [5.41, 5.74) is 2.37. The van der Waals surface area contributed by atoms with E-state index >= 15 is 0 Å². The Hall–Kier alpha value is -1.96. The third-order valence-corrected chi connectivity index (χ3v) is 7.05. The summed E-state index contributed by atoms with van der Waals surface area (Å²) in [6, 6.07) is 21.8. The van der Waals surface area contributed by atoms with E-state index in [1.165, 1.54) is 24.0 Å². The van der Waals surface area contributed by atoms with Crippen molar-refractivity contribution in [1.82, 2.24) is 0 Å². The summed E-state index contributed by atoms with van der Waals surface area (Å²) in [5, 5.41) is 10.0. The van der Waals surface area contributed by atoms with E-state index in [4.69, 9.17) is 10.2 Å². The lowest BCUT2D eigenvalue weighted by molar-refractivity contribution is 0.0843. The van der Waals surface area contributed by atoms with Crippen molar-refractivity contribution in [2.24, 2.45) is 27.5 Å². The Morgan fingerprint density at radius 2 is 1.09 bits per heavy atom. The average Bonchev–Trinajstić information content (AvgIpc) is 2.84. The standard InChI is InChI=1S/C21H22N2/c1-19(2)20(15-9-5-3-6-10-15)17-13-14-18(17)21(19,23-22-20)16-11-7-4-8-12-16/h3-12,17-18H,13-14H2,1-2H3/t17-,18+,20-,21+. The van der Waals surface area contributed by atoms with Gasteiger partial charge in [0.25, 0.3) is 0 Å². The minimum Gasteiger partial charge on any atom is -0.181 e. The van der Waals surface area contributed by atoms with E-state index in [9.17, 15) is 0 Å². The first-order valence-electron chi connectivity index (χ1n) is 8.70. The van der Waals surface area contributed by atoms with Crippen LogP contribution in [-0.2, 0) is 11.1 Å². The SMILES string of the molecule is CC1(C)[C@]2(c3ccccc3)N=N[C@@]1(c1ccccc1)[C@H]1CC[C@H]12. The van der Waals surface area contributed by atoms with Crippen LogP contribution in [0.15, 0.2) is 70.9 Å². The number of benzene rings is 2. The molecule has 4 atom stereocenters. The van der Waals surface area contributed by atoms with Gasteiger partial charge < -0.3 is 0 Å². The first-order valence-corrected chi connectivity index (χ1v) is 8.70. The van der Waals surface area contributed by atoms with Crippen molar-refractivity contribution in [2.75, 3.05) is 0 Å². The normalized spacial score (nSPS) is 39.0. The molecule has 2 aliphatic carbocycles. The molecule has 3 aliphatic rings. The van der Waals surface area contributed by atoms with Crippen molar-refractivity contribution in [1.29, 1.82) is 0 Å². The summed E-state index contributed by atoms with van der Waals surface area (Å²) < 4.78 is 0. The van der Waals surface area contributed by atoms with Gasteiger partial charge in [0.05, 0.1) is 0 Å². The zero-order valence-electron chi connectivity index (χ0n) is 13.7. The Morgan fingerprint density at radius 3 is 1.43 bits per heavy atom. The van der Waals surface area contributed by atoms with Crippen LogP contribution < -0.4 is 0 Å². The average molecular weight is 302 g/mol. The summed E-state index contributed by atoms with van der Waals surface area (Å²) in [4.78, 5) is 0. The van der Waals surface area contributed by atoms with Crippen LogP contribution in [0.25, 0.3) is 0 Å². The van der Waals surface area contributed by atoms with E-state index in [2.05, 4.69) is 74.5 Å². The summed E-state index contributed by atoms with van der Waals surface area (Å²) in [5.74, 6) is 1.25. The largest absolute Gasteiger partial charge is 0.181 e. The Morgan fingerprint density at radius 1 is 0.696 bits per heavy atom. The molecule has 2 nitrogen and oxygen atoms in total. The summed E-state index contributed by atoms with van der Waals surface area (Å²) in [7, 11) is 0. The Labute approximate surface area is 137 Å². The molecular weight excluding hydrogens is 280 g/mol. The fourth-order valence-corrected chi connectivity index (χ4v) is 5.92. The van der Waals surface area contributed by atoms with Gasteiger partial charge in [-0.2, -0.15) is 10.2 Å². The first kappa shape index (κ1) is 13.5. The van der Waals surface area contributed by atoms with E-state index in [0.29, 0.717) is 11.8 Å². The molecule has 2 aromatic rings. The number of fused-ring (bicyclic) bond motifs is 5. The molecule has 2 heteroatoms. The van der Waals surface area contributed by atoms with Crippen molar-refractivity contribution < 1.29 is 0 Å². The monoisotopic (exact) mass is 302 g/mol. The molecule has 0 N–H and O–H groups in total. The highest BCUT2D eigenvalue weighted by molar-refractivity contribution is 5.45. The predicted molar refractivity (Wildman–Crippen MR) is 91.1 cm³/mol. The molecule has 1 heterocycles. The summed E-state index contributed by atoms with van der Waals surface area (Å²) >= 11 is 0. The molecule has 2 saturated carbocycles. The Bertz CT molecular complexity index is 715. The van der Waals surface area contributed by atoms with E-state index in [1.807, 2.05) is 0 Å². The molecule has 0 amide bonds. The van der Waals surface area contributed by atoms with E-state index in [0.717, 1.165) is 0 Å². The summed E-state index contributed by atoms with van der Waals surface area (Å²) in [6.07, 6.45) is 2.55. The van der Waals surface area contributed by atoms with Crippen molar-refractivity contribution in [3.05, 3.63) is 71.8 Å². The van der Waals surface area contributed by atoms with Crippen LogP contribution >= 0.6 is 0 Å². The molecule has 1 aliphatic heterocycles. The van der Waals surface area contributed by atoms with E-state index < -0.39 is 0 Å². The molecule has 2 fully saturated rings. The highest BCUT2D eigenvalue weighted by atomic mass is 15.3. The first-order chi connectivity index (χ1) is 11.1. The van der Waals surface area contributed by atoms with E-state index in [1.54, 1.807) is 0 Å². The van der Waals surface area contributed by atoms with Gasteiger partial charge >= 0.3 is 0 Å². The van der Waals surface area contributed by atoms with Crippen LogP contribution in [0.2, 0.25) is 0 Å². The van der Waals surface area contributed by atoms with Crippen LogP contribution in [0.4, 0.5) is 0 Å². The molecule has 0 aromatic heterocycles. The van der Waals surface area contributed by atoms with Gasteiger partial charge in [-0.3, -0.25) is 0 Å². The highest BCUT2D eigenvalue weighted by Gasteiger charge is 2.79. The maximum atomic E-state index is 5.01. The van der Waals surface area contributed by atoms with Crippen LogP contribution in [0, 0.1) is 17.3 Å². The zero-order valence-corrected chi connectivity index (χ0v) is 13.7. The fraction of sp³-hybridized carbons (Fsp3) is 0.429. The third-order valence-electron chi connectivity index (χ3n) is 7.05. The van der Waals surface area contributed by atoms with Gasteiger partial charge in [-0.1, -0.05) is 74.5 Å². The van der Waals surface area contributed by atoms with Crippen LogP contribution in [0.3, 0.4) is 0 Å². The van der Waals surface area contributed by atoms with Gasteiger partial charge in [0, 0.05) is 5.41 Å². The molecule has 2 bridgehead atoms. The number of hydrogen-bond donors (Lipinski definition) is 0. The highest BCUT2D eigenvalue weighted by Crippen LogP contribution is 2.78. The number of rotatable bonds is 2. The molecular formula is C21H22N2. The quantitative estimate of drug-likeness (QED) is 0.718. The lowest BCUT2D eigenvalue weighted by atomic mass is 9.62. The Balaban J connectivity index is 1.78. The van der Waals surface area contributed by atoms with Crippen LogP contribution in [-0.4, -0.2) is 0 Å². The zero-order chi connectivity index (χ0) is 15.7. The molecule has 23 heavy (non-hydrogen) atoms. The second-order valence-electron chi connectivity index (χ2n) is 7.88. The van der Waals surface area contributed by atoms with Crippen LogP contribution in [0.1, 0.15) is 37.8 Å². The topological polar surface area (TPSA) is 24.7 Å². The minimum absolute atomic E-state index is 0.00542. The van der Waals surface area contributed by atoms with Crippen molar-refractivity contribution in [2.45, 2.75) is 37.8 Å². The number of hydrogen-bond acceptors (Lipinski definition) is 2. The van der Waals surface area contributed by atoms with Crippen molar-refractivity contribution in [3.63, 3.8) is 0 Å². The maximum absolute atomic E-state index is 5.01. The van der Waals surface area contributed by atoms with Crippen LogP contribution in [0.5, 0.6) is 0 Å². The second kappa shape index (κ2) is 4.11. The molecule has 0 saturated heterocycles. The number of nitrogens with zero attached hydrogens (tertiary/aromatic N) is 2. The Kier molecular flexibility index (Phi) is 2.41. The van der Waals surface area contributed by atoms with Gasteiger partial charge in [0.15, 0.2) is 0 Å². The number of azo groups is 1. The third kappa shape index (κ3) is 1.26. The smallest absolute Gasteiger partial charge is 0.117 e. The van der Waals surface area contributed by atoms with Gasteiger partial charge in [-0.15, -0.1) is 0 Å². The predicted octanol–water partition coefficient (Wildman–Crippen LogP) is 5.31. The fourth-order valence-electron chi connectivity index (χ4n) is 5.92. The molecule has 0 radical (unpaired) electrons. The minimum atomic E-state index is -0.160. The second-order valence-corrected chi connectivity index (χ2v) is 7.88. The van der Waals surface area contributed by atoms with Gasteiger partial charge in [0.2, 0.25) is 0 Å². The molecule has 2 aromatic carbocycles. The molecule has 5 rings (SSSR count). The lowest BCUT2D eigenvalue weighted by Crippen LogP contribution is -2.43. The molecule has 116 valence electrons. The maximum Gasteiger partial charge on any atom is 0.117 e. The lowest BCUT2D eigenvalue weighted by Gasteiger charge is -2.45. The van der Waals surface area contributed by atoms with Crippen molar-refractivity contribution in [3.8, 4) is 0 Å². The summed E-state index contributed by atoms with van der Waals surface area (Å²) in [6.45, 7) is 4.79. The van der Waals surface area contributed by atoms with Gasteiger partial charge in [0.1, 0.15) is 11.1 Å².